The zero-order valence-electron chi connectivity index (χ0n) is 16.3. The van der Waals surface area contributed by atoms with Crippen molar-refractivity contribution in [1.82, 2.24) is 20.2 Å². The second-order valence-corrected chi connectivity index (χ2v) is 9.47. The molecular weight excluding hydrogens is 370 g/mol. The first-order valence-corrected chi connectivity index (χ1v) is 11.6. The third-order valence-corrected chi connectivity index (χ3v) is 7.33. The van der Waals surface area contributed by atoms with Crippen molar-refractivity contribution in [2.75, 3.05) is 37.6 Å². The maximum Gasteiger partial charge on any atom is 0.227 e. The molecule has 0 bridgehead atoms. The number of aromatic nitrogens is 2. The summed E-state index contributed by atoms with van der Waals surface area (Å²) < 4.78 is 0. The Morgan fingerprint density at radius 1 is 1.14 bits per heavy atom. The summed E-state index contributed by atoms with van der Waals surface area (Å²) >= 11 is 1.65. The summed E-state index contributed by atoms with van der Waals surface area (Å²) in [6.45, 7) is 4.73. The molecule has 5 rings (SSSR count). The van der Waals surface area contributed by atoms with Gasteiger partial charge in [-0.05, 0) is 62.4 Å². The first-order valence-electron chi connectivity index (χ1n) is 10.7. The molecule has 1 unspecified atom stereocenters. The van der Waals surface area contributed by atoms with E-state index in [-0.39, 0.29) is 5.92 Å². The molecular formula is C21H29N5OS. The van der Waals surface area contributed by atoms with Crippen molar-refractivity contribution in [2.24, 2.45) is 11.8 Å². The molecule has 0 radical (unpaired) electrons. The summed E-state index contributed by atoms with van der Waals surface area (Å²) in [5.41, 5.74) is 0. The number of carbonyl (C=O) groups excluding carboxylic acids is 1. The molecule has 2 aromatic rings. The zero-order valence-corrected chi connectivity index (χ0v) is 17.2. The van der Waals surface area contributed by atoms with Crippen LogP contribution >= 0.6 is 11.3 Å². The van der Waals surface area contributed by atoms with Crippen LogP contribution in [-0.2, 0) is 4.79 Å². The van der Waals surface area contributed by atoms with Crippen LogP contribution < -0.4 is 10.2 Å². The van der Waals surface area contributed by atoms with Gasteiger partial charge in [-0.2, -0.15) is 0 Å². The van der Waals surface area contributed by atoms with Crippen molar-refractivity contribution >= 4 is 33.3 Å². The smallest absolute Gasteiger partial charge is 0.227 e. The number of likely N-dealkylation sites (tertiary alicyclic amines) is 1. The van der Waals surface area contributed by atoms with Crippen molar-refractivity contribution in [1.29, 1.82) is 0 Å². The molecule has 1 aliphatic carbocycles. The minimum absolute atomic E-state index is 0.0911. The normalized spacial score (nSPS) is 24.1. The molecule has 150 valence electrons. The third kappa shape index (κ3) is 3.87. The first-order chi connectivity index (χ1) is 13.8. The van der Waals surface area contributed by atoms with E-state index in [1.807, 2.05) is 0 Å². The summed E-state index contributed by atoms with van der Waals surface area (Å²) in [6.07, 6.45) is 8.67. The highest BCUT2D eigenvalue weighted by atomic mass is 32.1. The van der Waals surface area contributed by atoms with Gasteiger partial charge in [-0.3, -0.25) is 4.79 Å². The lowest BCUT2D eigenvalue weighted by atomic mass is 9.94. The molecule has 6 nitrogen and oxygen atoms in total. The van der Waals surface area contributed by atoms with E-state index in [0.29, 0.717) is 11.9 Å². The number of hydrogen-bond acceptors (Lipinski definition) is 6. The van der Waals surface area contributed by atoms with Crippen LogP contribution in [0.1, 0.15) is 38.5 Å². The molecule has 4 heterocycles. The second kappa shape index (κ2) is 7.95. The number of hydrogen-bond donors (Lipinski definition) is 1. The van der Waals surface area contributed by atoms with Gasteiger partial charge in [-0.25, -0.2) is 9.97 Å². The summed E-state index contributed by atoms with van der Waals surface area (Å²) in [5.74, 6) is 2.35. The van der Waals surface area contributed by atoms with E-state index >= 15 is 0 Å². The average molecular weight is 400 g/mol. The minimum atomic E-state index is 0.0911. The van der Waals surface area contributed by atoms with E-state index in [1.165, 1.54) is 19.4 Å². The maximum absolute atomic E-state index is 13.2. The predicted octanol–water partition coefficient (Wildman–Crippen LogP) is 2.90. The molecule has 3 fully saturated rings. The minimum Gasteiger partial charge on any atom is -0.355 e. The molecule has 1 atom stereocenters. The van der Waals surface area contributed by atoms with E-state index in [4.69, 9.17) is 0 Å². The molecule has 28 heavy (non-hydrogen) atoms. The van der Waals surface area contributed by atoms with Gasteiger partial charge in [-0.15, -0.1) is 11.3 Å². The number of carbonyl (C=O) groups is 1. The van der Waals surface area contributed by atoms with Crippen molar-refractivity contribution in [2.45, 2.75) is 44.6 Å². The molecule has 1 N–H and O–H groups in total. The van der Waals surface area contributed by atoms with Gasteiger partial charge in [0.1, 0.15) is 17.0 Å². The van der Waals surface area contributed by atoms with Crippen LogP contribution in [0.4, 0.5) is 5.82 Å². The highest BCUT2D eigenvalue weighted by Gasteiger charge is 2.32. The molecule has 0 aromatic carbocycles. The van der Waals surface area contributed by atoms with Gasteiger partial charge < -0.3 is 15.1 Å². The summed E-state index contributed by atoms with van der Waals surface area (Å²) in [7, 11) is 0. The molecule has 2 saturated heterocycles. The summed E-state index contributed by atoms with van der Waals surface area (Å²) in [4.78, 5) is 27.5. The van der Waals surface area contributed by atoms with Crippen LogP contribution in [0.25, 0.3) is 10.2 Å². The Kier molecular flexibility index (Phi) is 5.20. The quantitative estimate of drug-likeness (QED) is 0.838. The highest BCUT2D eigenvalue weighted by molar-refractivity contribution is 7.16. The van der Waals surface area contributed by atoms with Crippen LogP contribution in [-0.4, -0.2) is 59.5 Å². The van der Waals surface area contributed by atoms with Crippen molar-refractivity contribution in [3.05, 3.63) is 17.8 Å². The molecule has 2 aromatic heterocycles. The Labute approximate surface area is 170 Å². The van der Waals surface area contributed by atoms with Gasteiger partial charge in [0.2, 0.25) is 5.91 Å². The Morgan fingerprint density at radius 3 is 2.82 bits per heavy atom. The molecule has 7 heteroatoms. The number of nitrogens with one attached hydrogen (secondary N) is 1. The Hall–Kier alpha value is -1.73. The number of thiophene rings is 1. The lowest BCUT2D eigenvalue weighted by Gasteiger charge is -2.38. The van der Waals surface area contributed by atoms with Crippen LogP contribution in [0.3, 0.4) is 0 Å². The van der Waals surface area contributed by atoms with E-state index in [0.717, 1.165) is 73.8 Å². The fourth-order valence-electron chi connectivity index (χ4n) is 4.62. The third-order valence-electron chi connectivity index (χ3n) is 6.51. The summed E-state index contributed by atoms with van der Waals surface area (Å²) in [6, 6.07) is 2.69. The van der Waals surface area contributed by atoms with Crippen molar-refractivity contribution in [3.63, 3.8) is 0 Å². The van der Waals surface area contributed by atoms with E-state index in [9.17, 15) is 4.79 Å². The number of fused-ring (bicyclic) bond motifs is 1. The fourth-order valence-corrected chi connectivity index (χ4v) is 5.34. The van der Waals surface area contributed by atoms with E-state index in [1.54, 1.807) is 17.7 Å². The topological polar surface area (TPSA) is 61.4 Å². The molecule has 1 amide bonds. The van der Waals surface area contributed by atoms with Crippen LogP contribution in [0.15, 0.2) is 17.8 Å². The van der Waals surface area contributed by atoms with Gasteiger partial charge >= 0.3 is 0 Å². The van der Waals surface area contributed by atoms with Gasteiger partial charge in [-0.1, -0.05) is 0 Å². The van der Waals surface area contributed by atoms with Crippen molar-refractivity contribution in [3.8, 4) is 0 Å². The average Bonchev–Trinajstić information content (AvgIpc) is 3.46. The Morgan fingerprint density at radius 2 is 2.00 bits per heavy atom. The number of piperidine rings is 2. The zero-order chi connectivity index (χ0) is 18.9. The van der Waals surface area contributed by atoms with Gasteiger partial charge in [0.15, 0.2) is 0 Å². The molecule has 2 aliphatic heterocycles. The number of amides is 1. The van der Waals surface area contributed by atoms with Crippen molar-refractivity contribution < 1.29 is 4.79 Å². The number of anilines is 1. The molecule has 3 aliphatic rings. The van der Waals surface area contributed by atoms with E-state index in [2.05, 4.69) is 36.5 Å². The van der Waals surface area contributed by atoms with Gasteiger partial charge in [0, 0.05) is 32.2 Å². The van der Waals surface area contributed by atoms with Crippen LogP contribution in [0, 0.1) is 11.8 Å². The van der Waals surface area contributed by atoms with Crippen LogP contribution in [0.5, 0.6) is 0 Å². The Balaban J connectivity index is 1.19. The lowest BCUT2D eigenvalue weighted by Crippen LogP contribution is -2.50. The summed E-state index contributed by atoms with van der Waals surface area (Å²) in [5, 5.41) is 6.89. The number of rotatable bonds is 5. The molecule has 1 saturated carbocycles. The largest absolute Gasteiger partial charge is 0.355 e. The number of nitrogens with zero attached hydrogens (tertiary/aromatic N) is 4. The van der Waals surface area contributed by atoms with Crippen LogP contribution in [0.2, 0.25) is 0 Å². The maximum atomic E-state index is 13.2. The second-order valence-electron chi connectivity index (χ2n) is 8.57. The van der Waals surface area contributed by atoms with Gasteiger partial charge in [0.05, 0.1) is 11.3 Å². The predicted molar refractivity (Wildman–Crippen MR) is 113 cm³/mol. The van der Waals surface area contributed by atoms with E-state index < -0.39 is 0 Å². The fraction of sp³-hybridized carbons (Fsp3) is 0.667. The van der Waals surface area contributed by atoms with Gasteiger partial charge in [0.25, 0.3) is 0 Å². The monoisotopic (exact) mass is 399 g/mol. The standard InChI is InChI=1S/C21H29N5OS/c27-21(25-9-5-17(6-10-25)22-12-15-3-4-15)16-2-1-8-26(13-16)19-18-7-11-28-20(18)24-14-23-19/h7,11,14-17,22H,1-6,8-10,12-13H2. The molecule has 0 spiro atoms. The Bertz CT molecular complexity index is 827. The lowest BCUT2D eigenvalue weighted by molar-refractivity contribution is -0.137. The SMILES string of the molecule is O=C(C1CCCN(c2ncnc3sccc23)C1)N1CCC(NCC2CC2)CC1. The highest BCUT2D eigenvalue weighted by Crippen LogP contribution is 2.31. The first kappa shape index (κ1) is 18.3.